The second-order valence-electron chi connectivity index (χ2n) is 7.06. The molecular formula is C16H21N5O4. The van der Waals surface area contributed by atoms with Crippen molar-refractivity contribution in [3.8, 4) is 0 Å². The van der Waals surface area contributed by atoms with E-state index in [1.54, 1.807) is 15.6 Å². The monoisotopic (exact) mass is 347 g/mol. The van der Waals surface area contributed by atoms with Crippen molar-refractivity contribution >= 4 is 17.9 Å². The first-order chi connectivity index (χ1) is 11.9. The Hall–Kier alpha value is -2.58. The molecule has 1 N–H and O–H groups in total. The van der Waals surface area contributed by atoms with E-state index in [2.05, 4.69) is 10.4 Å². The average molecular weight is 347 g/mol. The molecule has 2 bridgehead atoms. The first-order valence-corrected chi connectivity index (χ1v) is 8.54. The van der Waals surface area contributed by atoms with E-state index in [0.717, 1.165) is 6.42 Å². The van der Waals surface area contributed by atoms with Gasteiger partial charge in [-0.1, -0.05) is 0 Å². The Morgan fingerprint density at radius 2 is 2.00 bits per heavy atom. The van der Waals surface area contributed by atoms with E-state index in [9.17, 15) is 14.4 Å². The smallest absolute Gasteiger partial charge is 0.407 e. The minimum Gasteiger partial charge on any atom is -0.447 e. The molecule has 9 heteroatoms. The molecule has 9 nitrogen and oxygen atoms in total. The summed E-state index contributed by atoms with van der Waals surface area (Å²) in [5.74, 6) is -0.217. The summed E-state index contributed by atoms with van der Waals surface area (Å²) in [6.45, 7) is 5.08. The predicted octanol–water partition coefficient (Wildman–Crippen LogP) is -0.00230. The zero-order valence-corrected chi connectivity index (χ0v) is 14.2. The average Bonchev–Trinajstić information content (AvgIpc) is 3.35. The molecule has 25 heavy (non-hydrogen) atoms. The quantitative estimate of drug-likeness (QED) is 0.830. The number of likely N-dealkylation sites (tertiary alicyclic amines) is 2. The number of piperazine rings is 1. The summed E-state index contributed by atoms with van der Waals surface area (Å²) in [7, 11) is 0. The molecule has 4 heterocycles. The van der Waals surface area contributed by atoms with E-state index in [0.29, 0.717) is 18.8 Å². The van der Waals surface area contributed by atoms with Gasteiger partial charge in [-0.3, -0.25) is 14.3 Å². The third-order valence-corrected chi connectivity index (χ3v) is 5.11. The van der Waals surface area contributed by atoms with Gasteiger partial charge in [0, 0.05) is 25.3 Å². The van der Waals surface area contributed by atoms with Gasteiger partial charge in [-0.05, 0) is 26.3 Å². The van der Waals surface area contributed by atoms with Crippen molar-refractivity contribution in [1.29, 1.82) is 0 Å². The molecule has 134 valence electrons. The lowest BCUT2D eigenvalue weighted by atomic mass is 10.2. The highest BCUT2D eigenvalue weighted by atomic mass is 16.6. The number of hydrogen-bond donors (Lipinski definition) is 1. The molecular weight excluding hydrogens is 326 g/mol. The first-order valence-electron chi connectivity index (χ1n) is 8.54. The van der Waals surface area contributed by atoms with Crippen LogP contribution in [0.3, 0.4) is 0 Å². The number of amides is 3. The molecule has 1 aromatic heterocycles. The molecule has 4 rings (SSSR count). The Kier molecular flexibility index (Phi) is 3.66. The van der Waals surface area contributed by atoms with Crippen molar-refractivity contribution in [2.45, 2.75) is 44.4 Å². The maximum Gasteiger partial charge on any atom is 0.407 e. The lowest BCUT2D eigenvalue weighted by Crippen LogP contribution is -2.55. The molecule has 0 radical (unpaired) electrons. The Labute approximate surface area is 144 Å². The highest BCUT2D eigenvalue weighted by molar-refractivity contribution is 5.93. The van der Waals surface area contributed by atoms with Gasteiger partial charge in [0.25, 0.3) is 5.91 Å². The lowest BCUT2D eigenvalue weighted by Gasteiger charge is -2.34. The lowest BCUT2D eigenvalue weighted by molar-refractivity contribution is -0.135. The van der Waals surface area contributed by atoms with Crippen LogP contribution in [0.25, 0.3) is 0 Å². The van der Waals surface area contributed by atoms with Crippen molar-refractivity contribution in [3.63, 3.8) is 0 Å². The molecule has 3 fully saturated rings. The van der Waals surface area contributed by atoms with Gasteiger partial charge in [0.15, 0.2) is 0 Å². The fraction of sp³-hybridized carbons (Fsp3) is 0.625. The second-order valence-corrected chi connectivity index (χ2v) is 7.06. The van der Waals surface area contributed by atoms with Gasteiger partial charge < -0.3 is 19.9 Å². The highest BCUT2D eigenvalue weighted by Gasteiger charge is 2.49. The summed E-state index contributed by atoms with van der Waals surface area (Å²) >= 11 is 0. The van der Waals surface area contributed by atoms with Crippen LogP contribution < -0.4 is 5.32 Å². The number of cyclic esters (lactones) is 1. The number of carbonyl (C=O) groups excluding carboxylic acids is 3. The molecule has 0 saturated carbocycles. The summed E-state index contributed by atoms with van der Waals surface area (Å²) in [5.41, 5.74) is 0.440. The Morgan fingerprint density at radius 1 is 1.28 bits per heavy atom. The van der Waals surface area contributed by atoms with Crippen molar-refractivity contribution in [3.05, 3.63) is 18.0 Å². The summed E-state index contributed by atoms with van der Waals surface area (Å²) in [6, 6.07) is 1.32. The minimum absolute atomic E-state index is 0.00340. The molecule has 0 aromatic carbocycles. The molecule has 0 spiro atoms. The third kappa shape index (κ3) is 2.63. The van der Waals surface area contributed by atoms with Crippen molar-refractivity contribution in [2.75, 3.05) is 19.7 Å². The molecule has 0 aliphatic carbocycles. The molecule has 3 atom stereocenters. The van der Waals surface area contributed by atoms with Crippen LogP contribution in [0.5, 0.6) is 0 Å². The third-order valence-electron chi connectivity index (χ3n) is 5.11. The number of ether oxygens (including phenoxy) is 1. The van der Waals surface area contributed by atoms with Gasteiger partial charge in [0.2, 0.25) is 5.91 Å². The number of nitrogens with zero attached hydrogens (tertiary/aromatic N) is 4. The van der Waals surface area contributed by atoms with E-state index in [1.165, 1.54) is 0 Å². The van der Waals surface area contributed by atoms with Crippen LogP contribution in [0.2, 0.25) is 0 Å². The van der Waals surface area contributed by atoms with Crippen LogP contribution >= 0.6 is 0 Å². The zero-order valence-electron chi connectivity index (χ0n) is 14.2. The number of aromatic nitrogens is 2. The summed E-state index contributed by atoms with van der Waals surface area (Å²) in [4.78, 5) is 39.9. The molecule has 3 amide bonds. The van der Waals surface area contributed by atoms with E-state index in [1.807, 2.05) is 24.9 Å². The summed E-state index contributed by atoms with van der Waals surface area (Å²) in [6.07, 6.45) is 2.02. The van der Waals surface area contributed by atoms with Gasteiger partial charge in [0.1, 0.15) is 18.3 Å². The van der Waals surface area contributed by atoms with Gasteiger partial charge in [0.05, 0.1) is 12.1 Å². The maximum absolute atomic E-state index is 12.7. The van der Waals surface area contributed by atoms with Crippen LogP contribution in [0.15, 0.2) is 12.3 Å². The minimum atomic E-state index is -0.613. The number of alkyl carbamates (subject to hydrolysis) is 1. The van der Waals surface area contributed by atoms with E-state index in [-0.39, 0.29) is 36.5 Å². The maximum atomic E-state index is 12.7. The normalized spacial score (nSPS) is 27.8. The van der Waals surface area contributed by atoms with Crippen LogP contribution in [-0.4, -0.2) is 75.3 Å². The fourth-order valence-corrected chi connectivity index (χ4v) is 3.79. The van der Waals surface area contributed by atoms with Crippen LogP contribution in [0.4, 0.5) is 4.79 Å². The fourth-order valence-electron chi connectivity index (χ4n) is 3.79. The van der Waals surface area contributed by atoms with Crippen LogP contribution in [-0.2, 0) is 9.53 Å². The van der Waals surface area contributed by atoms with Crippen molar-refractivity contribution in [2.24, 2.45) is 0 Å². The number of carbonyl (C=O) groups is 3. The Bertz CT molecular complexity index is 730. The highest BCUT2D eigenvalue weighted by Crippen LogP contribution is 2.32. The predicted molar refractivity (Wildman–Crippen MR) is 85.8 cm³/mol. The Balaban J connectivity index is 1.41. The van der Waals surface area contributed by atoms with E-state index >= 15 is 0 Å². The topological polar surface area (TPSA) is 96.8 Å². The number of fused-ring (bicyclic) bond motifs is 2. The number of nitrogens with one attached hydrogen (secondary N) is 1. The van der Waals surface area contributed by atoms with Crippen molar-refractivity contribution < 1.29 is 19.1 Å². The van der Waals surface area contributed by atoms with E-state index < -0.39 is 12.1 Å². The molecule has 0 unspecified atom stereocenters. The molecule has 1 aromatic rings. The SMILES string of the molecule is CC(C)n1ccc(C(=O)N2C[C@@H]3C[C@H]2CN3C(=O)[C@@H]2COC(=O)N2)n1. The van der Waals surface area contributed by atoms with Crippen molar-refractivity contribution in [1.82, 2.24) is 24.9 Å². The van der Waals surface area contributed by atoms with Gasteiger partial charge in [-0.2, -0.15) is 5.10 Å². The Morgan fingerprint density at radius 3 is 2.56 bits per heavy atom. The molecule has 3 aliphatic heterocycles. The second kappa shape index (κ2) is 5.75. The number of rotatable bonds is 3. The van der Waals surface area contributed by atoms with Gasteiger partial charge in [-0.15, -0.1) is 0 Å². The van der Waals surface area contributed by atoms with Gasteiger partial charge in [-0.25, -0.2) is 4.79 Å². The first kappa shape index (κ1) is 15.9. The zero-order chi connectivity index (χ0) is 17.7. The summed E-state index contributed by atoms with van der Waals surface area (Å²) in [5, 5.41) is 6.86. The van der Waals surface area contributed by atoms with E-state index in [4.69, 9.17) is 4.74 Å². The van der Waals surface area contributed by atoms with Crippen LogP contribution in [0, 0.1) is 0 Å². The number of hydrogen-bond acceptors (Lipinski definition) is 5. The standard InChI is InChI=1S/C16H21N5O4/c1-9(2)21-4-3-12(18-21)14(22)19-6-11-5-10(19)7-20(11)15(23)13-8-25-16(24)17-13/h3-4,9-11,13H,5-8H2,1-2H3,(H,17,24)/t10-,11-,13-/m0/s1. The van der Waals surface area contributed by atoms with Crippen LogP contribution in [0.1, 0.15) is 36.8 Å². The van der Waals surface area contributed by atoms with Gasteiger partial charge >= 0.3 is 6.09 Å². The largest absolute Gasteiger partial charge is 0.447 e. The molecule has 3 saturated heterocycles. The summed E-state index contributed by atoms with van der Waals surface area (Å²) < 4.78 is 6.56. The molecule has 3 aliphatic rings.